The number of carbonyl (C=O) groups is 1. The fourth-order valence-electron chi connectivity index (χ4n) is 4.52. The quantitative estimate of drug-likeness (QED) is 0.376. The summed E-state index contributed by atoms with van der Waals surface area (Å²) in [6.07, 6.45) is 2.60. The summed E-state index contributed by atoms with van der Waals surface area (Å²) < 4.78 is 0. The molecule has 2 atom stereocenters. The van der Waals surface area contributed by atoms with E-state index in [1.807, 2.05) is 11.8 Å². The molecule has 7 nitrogen and oxygen atoms in total. The van der Waals surface area contributed by atoms with Crippen LogP contribution in [-0.2, 0) is 4.79 Å². The highest BCUT2D eigenvalue weighted by atomic mass is 16.2. The van der Waals surface area contributed by atoms with E-state index >= 15 is 0 Å². The Morgan fingerprint density at radius 1 is 1.13 bits per heavy atom. The largest absolute Gasteiger partial charge is 0.357 e. The Hall–Kier alpha value is -2.12. The number of hydrogen-bond acceptors (Lipinski definition) is 4. The van der Waals surface area contributed by atoms with Crippen LogP contribution in [0.1, 0.15) is 44.7 Å². The van der Waals surface area contributed by atoms with Gasteiger partial charge in [0.15, 0.2) is 5.96 Å². The van der Waals surface area contributed by atoms with Gasteiger partial charge in [-0.1, -0.05) is 37.3 Å². The molecule has 2 saturated heterocycles. The van der Waals surface area contributed by atoms with Crippen molar-refractivity contribution in [3.8, 4) is 0 Å². The minimum Gasteiger partial charge on any atom is -0.357 e. The molecule has 0 radical (unpaired) electrons. The normalized spacial score (nSPS) is 23.2. The first-order valence-electron chi connectivity index (χ1n) is 11.9. The van der Waals surface area contributed by atoms with E-state index < -0.39 is 0 Å². The molecule has 2 fully saturated rings. The van der Waals surface area contributed by atoms with Gasteiger partial charge < -0.3 is 20.4 Å². The molecule has 0 spiro atoms. The molecule has 172 valence electrons. The van der Waals surface area contributed by atoms with Gasteiger partial charge in [0.2, 0.25) is 5.91 Å². The van der Waals surface area contributed by atoms with Crippen LogP contribution in [0.3, 0.4) is 0 Å². The fraction of sp³-hybridized carbons (Fsp3) is 0.667. The van der Waals surface area contributed by atoms with E-state index in [0.717, 1.165) is 71.2 Å². The van der Waals surface area contributed by atoms with Crippen LogP contribution < -0.4 is 10.6 Å². The summed E-state index contributed by atoms with van der Waals surface area (Å²) in [5.74, 6) is 1.11. The lowest BCUT2D eigenvalue weighted by Gasteiger charge is -2.40. The number of guanidine groups is 1. The molecule has 0 aromatic heterocycles. The number of amides is 1. The molecule has 1 aromatic carbocycles. The summed E-state index contributed by atoms with van der Waals surface area (Å²) in [5, 5.41) is 6.89. The average Bonchev–Trinajstić information content (AvgIpc) is 3.26. The summed E-state index contributed by atoms with van der Waals surface area (Å²) in [6, 6.07) is 11.6. The van der Waals surface area contributed by atoms with Crippen molar-refractivity contribution in [2.45, 2.75) is 45.2 Å². The minimum atomic E-state index is 0.242. The summed E-state index contributed by atoms with van der Waals surface area (Å²) >= 11 is 0. The van der Waals surface area contributed by atoms with Gasteiger partial charge in [0, 0.05) is 70.9 Å². The van der Waals surface area contributed by atoms with Crippen LogP contribution in [0, 0.1) is 0 Å². The zero-order chi connectivity index (χ0) is 22.1. The second-order valence-electron chi connectivity index (χ2n) is 8.66. The maximum atomic E-state index is 11.9. The van der Waals surface area contributed by atoms with Gasteiger partial charge >= 0.3 is 0 Å². The molecule has 2 unspecified atom stereocenters. The lowest BCUT2D eigenvalue weighted by atomic mass is 10.0. The number of piperazine rings is 1. The van der Waals surface area contributed by atoms with E-state index in [2.05, 4.69) is 64.7 Å². The second kappa shape index (κ2) is 12.1. The van der Waals surface area contributed by atoms with Crippen LogP contribution in [0.15, 0.2) is 35.3 Å². The van der Waals surface area contributed by atoms with Gasteiger partial charge in [0.05, 0.1) is 0 Å². The number of benzene rings is 1. The smallest absolute Gasteiger partial charge is 0.222 e. The van der Waals surface area contributed by atoms with E-state index in [4.69, 9.17) is 4.99 Å². The molecule has 3 rings (SSSR count). The number of aliphatic imine (C=N–C) groups is 1. The third-order valence-corrected chi connectivity index (χ3v) is 6.28. The summed E-state index contributed by atoms with van der Waals surface area (Å²) in [4.78, 5) is 23.7. The molecule has 1 amide bonds. The first kappa shape index (κ1) is 23.5. The minimum absolute atomic E-state index is 0.242. The van der Waals surface area contributed by atoms with Crippen molar-refractivity contribution in [2.75, 3.05) is 59.4 Å². The zero-order valence-electron chi connectivity index (χ0n) is 19.5. The molecule has 1 aromatic rings. The number of nitrogens with one attached hydrogen (secondary N) is 2. The highest BCUT2D eigenvalue weighted by molar-refractivity contribution is 5.80. The van der Waals surface area contributed by atoms with E-state index in [-0.39, 0.29) is 11.9 Å². The molecular weight excluding hydrogens is 388 g/mol. The number of nitrogens with zero attached hydrogens (tertiary/aromatic N) is 4. The SMILES string of the molecule is CCNC(=NCCCN1CCN(C)CC1c1ccccc1)NC1CCN(C(=O)CC)C1. The Kier molecular flexibility index (Phi) is 9.15. The molecule has 2 aliphatic heterocycles. The van der Waals surface area contributed by atoms with E-state index in [1.165, 1.54) is 5.56 Å². The number of hydrogen-bond donors (Lipinski definition) is 2. The van der Waals surface area contributed by atoms with Crippen LogP contribution >= 0.6 is 0 Å². The predicted molar refractivity (Wildman–Crippen MR) is 127 cm³/mol. The second-order valence-corrected chi connectivity index (χ2v) is 8.66. The number of likely N-dealkylation sites (tertiary alicyclic amines) is 1. The van der Waals surface area contributed by atoms with Crippen LogP contribution in [0.5, 0.6) is 0 Å². The lowest BCUT2D eigenvalue weighted by molar-refractivity contribution is -0.129. The molecule has 2 N–H and O–H groups in total. The number of rotatable bonds is 8. The summed E-state index contributed by atoms with van der Waals surface area (Å²) in [6.45, 7) is 11.6. The Morgan fingerprint density at radius 3 is 2.68 bits per heavy atom. The van der Waals surface area contributed by atoms with Crippen molar-refractivity contribution >= 4 is 11.9 Å². The topological polar surface area (TPSA) is 63.2 Å². The van der Waals surface area contributed by atoms with Gasteiger partial charge in [-0.2, -0.15) is 0 Å². The predicted octanol–water partition coefficient (Wildman–Crippen LogP) is 1.93. The molecule has 0 aliphatic carbocycles. The van der Waals surface area contributed by atoms with Crippen molar-refractivity contribution < 1.29 is 4.79 Å². The maximum absolute atomic E-state index is 11.9. The highest BCUT2D eigenvalue weighted by Crippen LogP contribution is 2.24. The van der Waals surface area contributed by atoms with Crippen molar-refractivity contribution in [1.82, 2.24) is 25.3 Å². The van der Waals surface area contributed by atoms with Crippen LogP contribution in [-0.4, -0.2) is 92.0 Å². The highest BCUT2D eigenvalue weighted by Gasteiger charge is 2.27. The van der Waals surface area contributed by atoms with E-state index in [1.54, 1.807) is 0 Å². The van der Waals surface area contributed by atoms with Gasteiger partial charge in [-0.25, -0.2) is 0 Å². The molecule has 0 saturated carbocycles. The molecular formula is C24H40N6O. The van der Waals surface area contributed by atoms with Crippen LogP contribution in [0.4, 0.5) is 0 Å². The monoisotopic (exact) mass is 428 g/mol. The average molecular weight is 429 g/mol. The van der Waals surface area contributed by atoms with Gasteiger partial charge in [0.25, 0.3) is 0 Å². The Morgan fingerprint density at radius 2 is 1.94 bits per heavy atom. The summed E-state index contributed by atoms with van der Waals surface area (Å²) in [5.41, 5.74) is 1.40. The Balaban J connectivity index is 1.49. The third kappa shape index (κ3) is 6.94. The maximum Gasteiger partial charge on any atom is 0.222 e. The van der Waals surface area contributed by atoms with Gasteiger partial charge in [0.1, 0.15) is 0 Å². The van der Waals surface area contributed by atoms with Crippen molar-refractivity contribution in [1.29, 1.82) is 0 Å². The molecule has 31 heavy (non-hydrogen) atoms. The van der Waals surface area contributed by atoms with Crippen molar-refractivity contribution in [3.63, 3.8) is 0 Å². The molecule has 0 bridgehead atoms. The third-order valence-electron chi connectivity index (χ3n) is 6.28. The van der Waals surface area contributed by atoms with E-state index in [9.17, 15) is 4.79 Å². The molecule has 2 heterocycles. The fourth-order valence-corrected chi connectivity index (χ4v) is 4.52. The van der Waals surface area contributed by atoms with Crippen LogP contribution in [0.25, 0.3) is 0 Å². The van der Waals surface area contributed by atoms with Crippen molar-refractivity contribution in [2.24, 2.45) is 4.99 Å². The van der Waals surface area contributed by atoms with Crippen LogP contribution in [0.2, 0.25) is 0 Å². The first-order chi connectivity index (χ1) is 15.1. The number of likely N-dealkylation sites (N-methyl/N-ethyl adjacent to an activating group) is 1. The molecule has 7 heteroatoms. The van der Waals surface area contributed by atoms with Gasteiger partial charge in [-0.05, 0) is 32.4 Å². The first-order valence-corrected chi connectivity index (χ1v) is 11.9. The van der Waals surface area contributed by atoms with Crippen molar-refractivity contribution in [3.05, 3.63) is 35.9 Å². The standard InChI is InChI=1S/C24H40N6O/c1-4-23(31)30-15-12-21(18-30)27-24(25-5-2)26-13-9-14-29-17-16-28(3)19-22(29)20-10-7-6-8-11-20/h6-8,10-11,21-22H,4-5,9,12-19H2,1-3H3,(H2,25,26,27). The lowest BCUT2D eigenvalue weighted by Crippen LogP contribution is -2.47. The zero-order valence-corrected chi connectivity index (χ0v) is 19.5. The van der Waals surface area contributed by atoms with Gasteiger partial charge in [-0.3, -0.25) is 14.7 Å². The summed E-state index contributed by atoms with van der Waals surface area (Å²) in [7, 11) is 2.21. The van der Waals surface area contributed by atoms with Gasteiger partial charge in [-0.15, -0.1) is 0 Å². The van der Waals surface area contributed by atoms with E-state index in [0.29, 0.717) is 12.5 Å². The number of carbonyl (C=O) groups excluding carboxylic acids is 1. The molecule has 2 aliphatic rings. The Labute approximate surface area is 187 Å². The Bertz CT molecular complexity index is 709.